The Balaban J connectivity index is 1.61. The summed E-state index contributed by atoms with van der Waals surface area (Å²) in [4.78, 5) is 26.3. The minimum absolute atomic E-state index is 0.0955. The highest BCUT2D eigenvalue weighted by atomic mass is 16.5. The summed E-state index contributed by atoms with van der Waals surface area (Å²) in [5.74, 6) is 2.32. The van der Waals surface area contributed by atoms with Gasteiger partial charge in [-0.15, -0.1) is 0 Å². The summed E-state index contributed by atoms with van der Waals surface area (Å²) in [6.07, 6.45) is 0.826. The Hall–Kier alpha value is -3.35. The van der Waals surface area contributed by atoms with Crippen LogP contribution < -0.4 is 19.3 Å². The number of aromatic nitrogens is 2. The van der Waals surface area contributed by atoms with Crippen molar-refractivity contribution >= 4 is 28.6 Å². The van der Waals surface area contributed by atoms with Crippen LogP contribution in [0.4, 0.5) is 11.6 Å². The lowest BCUT2D eigenvalue weighted by molar-refractivity contribution is -0.120. The first-order chi connectivity index (χ1) is 14.2. The SMILES string of the molecule is CCOc1ccccc1OCC(=O)N1CCCN(C)c2nc3ccccc3nc21. The molecule has 0 N–H and O–H groups in total. The number of hydrogen-bond acceptors (Lipinski definition) is 6. The number of ether oxygens (including phenoxy) is 2. The van der Waals surface area contributed by atoms with Crippen LogP contribution in [0.2, 0.25) is 0 Å². The van der Waals surface area contributed by atoms with Crippen LogP contribution in [0, 0.1) is 0 Å². The number of carbonyl (C=O) groups is 1. The Morgan fingerprint density at radius 1 is 0.931 bits per heavy atom. The molecule has 2 aromatic carbocycles. The van der Waals surface area contributed by atoms with Crippen LogP contribution in [0.3, 0.4) is 0 Å². The smallest absolute Gasteiger partial charge is 0.266 e. The molecule has 0 aliphatic carbocycles. The highest BCUT2D eigenvalue weighted by molar-refractivity contribution is 5.97. The summed E-state index contributed by atoms with van der Waals surface area (Å²) in [5, 5.41) is 0. The van der Waals surface area contributed by atoms with Gasteiger partial charge >= 0.3 is 0 Å². The van der Waals surface area contributed by atoms with Crippen LogP contribution in [0.25, 0.3) is 11.0 Å². The number of carbonyl (C=O) groups excluding carboxylic acids is 1. The molecule has 0 radical (unpaired) electrons. The first kappa shape index (κ1) is 19.0. The Bertz CT molecular complexity index is 1020. The second-order valence-corrected chi connectivity index (χ2v) is 6.85. The summed E-state index contributed by atoms with van der Waals surface area (Å²) in [5.41, 5.74) is 1.58. The van der Waals surface area contributed by atoms with Crippen LogP contribution in [-0.4, -0.2) is 49.2 Å². The third kappa shape index (κ3) is 3.94. The summed E-state index contributed by atoms with van der Waals surface area (Å²) in [6, 6.07) is 15.1. The van der Waals surface area contributed by atoms with Crippen LogP contribution in [0.1, 0.15) is 13.3 Å². The molecule has 7 heteroatoms. The van der Waals surface area contributed by atoms with Crippen molar-refractivity contribution in [1.82, 2.24) is 9.97 Å². The van der Waals surface area contributed by atoms with Crippen molar-refractivity contribution < 1.29 is 14.3 Å². The van der Waals surface area contributed by atoms with Crippen LogP contribution in [0.5, 0.6) is 11.5 Å². The number of nitrogens with zero attached hydrogens (tertiary/aromatic N) is 4. The van der Waals surface area contributed by atoms with E-state index in [0.717, 1.165) is 24.0 Å². The molecule has 29 heavy (non-hydrogen) atoms. The molecule has 3 aromatic rings. The number of anilines is 2. The average Bonchev–Trinajstić information content (AvgIpc) is 2.90. The molecule has 0 unspecified atom stereocenters. The number of para-hydroxylation sites is 4. The molecular formula is C22H24N4O3. The number of benzene rings is 2. The van der Waals surface area contributed by atoms with Gasteiger partial charge in [-0.05, 0) is 37.6 Å². The molecule has 1 aliphatic heterocycles. The van der Waals surface area contributed by atoms with Crippen molar-refractivity contribution in [1.29, 1.82) is 0 Å². The van der Waals surface area contributed by atoms with Crippen molar-refractivity contribution in [3.8, 4) is 11.5 Å². The van der Waals surface area contributed by atoms with Gasteiger partial charge in [0, 0.05) is 20.1 Å². The van der Waals surface area contributed by atoms with Crippen molar-refractivity contribution in [3.63, 3.8) is 0 Å². The predicted molar refractivity (Wildman–Crippen MR) is 113 cm³/mol. The van der Waals surface area contributed by atoms with Gasteiger partial charge in [0.25, 0.3) is 5.91 Å². The van der Waals surface area contributed by atoms with Crippen LogP contribution in [0.15, 0.2) is 48.5 Å². The van der Waals surface area contributed by atoms with Gasteiger partial charge in [0.2, 0.25) is 0 Å². The molecule has 2 heterocycles. The molecule has 0 saturated heterocycles. The van der Waals surface area contributed by atoms with E-state index in [2.05, 4.69) is 0 Å². The van der Waals surface area contributed by atoms with Gasteiger partial charge in [0.1, 0.15) is 0 Å². The number of hydrogen-bond donors (Lipinski definition) is 0. The average molecular weight is 392 g/mol. The molecule has 0 spiro atoms. The molecule has 150 valence electrons. The summed E-state index contributed by atoms with van der Waals surface area (Å²) < 4.78 is 11.4. The zero-order chi connectivity index (χ0) is 20.2. The van der Waals surface area contributed by atoms with Gasteiger partial charge < -0.3 is 14.4 Å². The molecule has 1 amide bonds. The summed E-state index contributed by atoms with van der Waals surface area (Å²) in [6.45, 7) is 3.72. The number of amides is 1. The fraction of sp³-hybridized carbons (Fsp3) is 0.318. The van der Waals surface area contributed by atoms with Gasteiger partial charge in [0.05, 0.1) is 17.6 Å². The van der Waals surface area contributed by atoms with Gasteiger partial charge in [-0.3, -0.25) is 9.69 Å². The zero-order valence-electron chi connectivity index (χ0n) is 16.7. The van der Waals surface area contributed by atoms with Crippen molar-refractivity contribution in [2.45, 2.75) is 13.3 Å². The zero-order valence-corrected chi connectivity index (χ0v) is 16.7. The molecule has 4 rings (SSSR count). The maximum Gasteiger partial charge on any atom is 0.266 e. The lowest BCUT2D eigenvalue weighted by Gasteiger charge is -2.23. The summed E-state index contributed by atoms with van der Waals surface area (Å²) >= 11 is 0. The Kier molecular flexibility index (Phi) is 5.46. The van der Waals surface area contributed by atoms with Gasteiger partial charge in [-0.25, -0.2) is 9.97 Å². The molecule has 1 aliphatic rings. The van der Waals surface area contributed by atoms with Crippen molar-refractivity contribution in [2.24, 2.45) is 0 Å². The Morgan fingerprint density at radius 2 is 1.55 bits per heavy atom. The van der Waals surface area contributed by atoms with E-state index in [1.165, 1.54) is 0 Å². The second-order valence-electron chi connectivity index (χ2n) is 6.85. The van der Waals surface area contributed by atoms with Crippen molar-refractivity contribution in [2.75, 3.05) is 43.2 Å². The van der Waals surface area contributed by atoms with E-state index in [1.807, 2.05) is 61.3 Å². The van der Waals surface area contributed by atoms with Crippen molar-refractivity contribution in [3.05, 3.63) is 48.5 Å². The largest absolute Gasteiger partial charge is 0.490 e. The second kappa shape index (κ2) is 8.34. The Morgan fingerprint density at radius 3 is 2.24 bits per heavy atom. The first-order valence-electron chi connectivity index (χ1n) is 9.80. The van der Waals surface area contributed by atoms with E-state index in [-0.39, 0.29) is 12.5 Å². The van der Waals surface area contributed by atoms with Gasteiger partial charge in [-0.1, -0.05) is 24.3 Å². The number of fused-ring (bicyclic) bond motifs is 2. The first-order valence-corrected chi connectivity index (χ1v) is 9.80. The van der Waals surface area contributed by atoms with Gasteiger partial charge in [0.15, 0.2) is 29.7 Å². The van der Waals surface area contributed by atoms with E-state index in [4.69, 9.17) is 19.4 Å². The van der Waals surface area contributed by atoms with E-state index >= 15 is 0 Å². The fourth-order valence-corrected chi connectivity index (χ4v) is 3.40. The predicted octanol–water partition coefficient (Wildman–Crippen LogP) is 3.28. The Labute approximate surface area is 169 Å². The fourth-order valence-electron chi connectivity index (χ4n) is 3.40. The minimum atomic E-state index is -0.155. The van der Waals surface area contributed by atoms with E-state index in [0.29, 0.717) is 36.3 Å². The molecule has 7 nitrogen and oxygen atoms in total. The van der Waals surface area contributed by atoms with E-state index in [1.54, 1.807) is 11.0 Å². The molecule has 0 fully saturated rings. The number of rotatable bonds is 5. The van der Waals surface area contributed by atoms with Gasteiger partial charge in [-0.2, -0.15) is 0 Å². The molecule has 0 saturated carbocycles. The maximum atomic E-state index is 13.1. The topological polar surface area (TPSA) is 67.8 Å². The van der Waals surface area contributed by atoms with E-state index in [9.17, 15) is 4.79 Å². The normalized spacial score (nSPS) is 13.7. The third-order valence-electron chi connectivity index (χ3n) is 4.83. The van der Waals surface area contributed by atoms with E-state index < -0.39 is 0 Å². The highest BCUT2D eigenvalue weighted by Crippen LogP contribution is 2.31. The lowest BCUT2D eigenvalue weighted by Crippen LogP contribution is -2.36. The maximum absolute atomic E-state index is 13.1. The lowest BCUT2D eigenvalue weighted by atomic mass is 10.3. The molecule has 0 atom stereocenters. The standard InChI is InChI=1S/C22H24N4O3/c1-3-28-18-11-6-7-12-19(18)29-15-20(27)26-14-8-13-25(2)21-22(26)24-17-10-5-4-9-16(17)23-21/h4-7,9-12H,3,8,13-15H2,1-2H3. The summed E-state index contributed by atoms with van der Waals surface area (Å²) in [7, 11) is 1.98. The quantitative estimate of drug-likeness (QED) is 0.664. The monoisotopic (exact) mass is 392 g/mol. The molecule has 0 bridgehead atoms. The highest BCUT2D eigenvalue weighted by Gasteiger charge is 2.27. The minimum Gasteiger partial charge on any atom is -0.490 e. The van der Waals surface area contributed by atoms with Crippen LogP contribution in [-0.2, 0) is 4.79 Å². The molecular weight excluding hydrogens is 368 g/mol. The molecule has 1 aromatic heterocycles. The van der Waals surface area contributed by atoms with Crippen LogP contribution >= 0.6 is 0 Å². The third-order valence-corrected chi connectivity index (χ3v) is 4.83.